The van der Waals surface area contributed by atoms with Crippen LogP contribution < -0.4 is 0 Å². The second-order valence-electron chi connectivity index (χ2n) is 0.985. The molecule has 0 aromatic heterocycles. The molecule has 0 spiro atoms. The summed E-state index contributed by atoms with van der Waals surface area (Å²) in [7, 11) is 1.54. The Morgan fingerprint density at radius 2 is 2.43 bits per heavy atom. The Bertz CT molecular complexity index is 86.1. The predicted molar refractivity (Wildman–Crippen MR) is 30.3 cm³/mol. The van der Waals surface area contributed by atoms with E-state index < -0.39 is 0 Å². The molecular formula is C5H9NO. The molecule has 0 radical (unpaired) electrons. The van der Waals surface area contributed by atoms with Gasteiger partial charge in [-0.05, 0) is 13.5 Å². The van der Waals surface area contributed by atoms with E-state index in [4.69, 9.17) is 0 Å². The quantitative estimate of drug-likeness (QED) is 0.376. The van der Waals surface area contributed by atoms with Crippen LogP contribution >= 0.6 is 0 Å². The normalized spacial score (nSPS) is 9.43. The topological polar surface area (TPSA) is 21.6 Å². The highest BCUT2D eigenvalue weighted by molar-refractivity contribution is 5.54. The van der Waals surface area contributed by atoms with Gasteiger partial charge in [-0.3, -0.25) is 0 Å². The number of hydrogen-bond donors (Lipinski definition) is 0. The largest absolute Gasteiger partial charge is 0.481 e. The number of nitrogens with zero attached hydrogens (tertiary/aromatic N) is 1. The van der Waals surface area contributed by atoms with Gasteiger partial charge in [0.1, 0.15) is 0 Å². The van der Waals surface area contributed by atoms with Crippen LogP contribution in [0.4, 0.5) is 0 Å². The van der Waals surface area contributed by atoms with Crippen molar-refractivity contribution in [2.75, 3.05) is 7.11 Å². The van der Waals surface area contributed by atoms with Gasteiger partial charge in [-0.25, -0.2) is 4.99 Å². The summed E-state index contributed by atoms with van der Waals surface area (Å²) in [5.74, 6) is 0.447. The lowest BCUT2D eigenvalue weighted by atomic mass is 10.8. The molecule has 0 aliphatic rings. The first-order valence-corrected chi connectivity index (χ1v) is 2.03. The monoisotopic (exact) mass is 99.1 g/mol. The molecule has 0 aromatic rings. The maximum Gasteiger partial charge on any atom is 0.205 e. The molecule has 7 heavy (non-hydrogen) atoms. The summed E-state index contributed by atoms with van der Waals surface area (Å²) in [5, 5.41) is 0. The second-order valence-corrected chi connectivity index (χ2v) is 0.985. The summed E-state index contributed by atoms with van der Waals surface area (Å²) in [6.45, 7) is 5.25. The molecule has 0 saturated heterocycles. The zero-order valence-corrected chi connectivity index (χ0v) is 4.64. The summed E-state index contributed by atoms with van der Waals surface area (Å²) < 4.78 is 4.60. The molecule has 0 bridgehead atoms. The third kappa shape index (κ3) is 3.03. The third-order valence-electron chi connectivity index (χ3n) is 0.509. The fraction of sp³-hybridized carbons (Fsp3) is 0.400. The number of aliphatic imine (C=N–C) groups is 1. The van der Waals surface area contributed by atoms with Gasteiger partial charge < -0.3 is 4.74 Å². The fourth-order valence-electron chi connectivity index (χ4n) is 0.197. The van der Waals surface area contributed by atoms with Crippen molar-refractivity contribution in [1.29, 1.82) is 0 Å². The second kappa shape index (κ2) is 3.40. The van der Waals surface area contributed by atoms with Gasteiger partial charge in [0.15, 0.2) is 0 Å². The zero-order valence-electron chi connectivity index (χ0n) is 4.64. The van der Waals surface area contributed by atoms with Gasteiger partial charge in [0.05, 0.1) is 7.11 Å². The highest BCUT2D eigenvalue weighted by atomic mass is 16.5. The highest BCUT2D eigenvalue weighted by Gasteiger charge is 1.75. The number of hydrogen-bond acceptors (Lipinski definition) is 2. The Balaban J connectivity index is 3.37. The highest BCUT2D eigenvalue weighted by Crippen LogP contribution is 1.87. The summed E-state index contributed by atoms with van der Waals surface area (Å²) in [6, 6.07) is 0. The Morgan fingerprint density at radius 3 is 2.57 bits per heavy atom. The molecule has 0 amide bonds. The van der Waals surface area contributed by atoms with E-state index in [0.29, 0.717) is 5.88 Å². The van der Waals surface area contributed by atoms with Crippen molar-refractivity contribution in [2.24, 2.45) is 4.99 Å². The zero-order chi connectivity index (χ0) is 5.70. The first-order chi connectivity index (χ1) is 3.31. The summed E-state index contributed by atoms with van der Waals surface area (Å²) in [4.78, 5) is 3.70. The molecule has 0 aliphatic carbocycles. The average molecular weight is 99.1 g/mol. The lowest BCUT2D eigenvalue weighted by Gasteiger charge is -1.91. The Labute approximate surface area is 43.5 Å². The van der Waals surface area contributed by atoms with Gasteiger partial charge in [-0.15, -0.1) is 0 Å². The van der Waals surface area contributed by atoms with Crippen molar-refractivity contribution < 1.29 is 4.74 Å². The number of ether oxygens (including phenoxy) is 1. The first kappa shape index (κ1) is 6.21. The van der Waals surface area contributed by atoms with E-state index in [1.807, 2.05) is 6.92 Å². The summed E-state index contributed by atoms with van der Waals surface area (Å²) in [6.07, 6.45) is 1.63. The number of methoxy groups -OCH3 is 1. The van der Waals surface area contributed by atoms with Crippen LogP contribution in [0.15, 0.2) is 17.5 Å². The van der Waals surface area contributed by atoms with Gasteiger partial charge in [0.25, 0.3) is 0 Å². The molecule has 0 N–H and O–H groups in total. The lowest BCUT2D eigenvalue weighted by Crippen LogP contribution is -1.76. The van der Waals surface area contributed by atoms with Crippen LogP contribution in [0.1, 0.15) is 6.92 Å². The van der Waals surface area contributed by atoms with Crippen LogP contribution in [0.3, 0.4) is 0 Å². The summed E-state index contributed by atoms with van der Waals surface area (Å²) >= 11 is 0. The maximum atomic E-state index is 4.60. The van der Waals surface area contributed by atoms with E-state index in [0.717, 1.165) is 0 Å². The number of rotatable bonds is 2. The molecule has 0 unspecified atom stereocenters. The van der Waals surface area contributed by atoms with Crippen molar-refractivity contribution in [3.63, 3.8) is 0 Å². The standard InChI is InChI=1S/C5H9NO/c1-4-6-5(2)7-3/h4H,2H2,1,3H3/b6-4-. The minimum Gasteiger partial charge on any atom is -0.481 e. The molecule has 0 saturated carbocycles. The van der Waals surface area contributed by atoms with Gasteiger partial charge in [0.2, 0.25) is 5.88 Å². The molecule has 0 aliphatic heterocycles. The van der Waals surface area contributed by atoms with Crippen molar-refractivity contribution in [3.8, 4) is 0 Å². The van der Waals surface area contributed by atoms with E-state index in [1.165, 1.54) is 7.11 Å². The van der Waals surface area contributed by atoms with Crippen molar-refractivity contribution >= 4 is 6.21 Å². The Kier molecular flexibility index (Phi) is 3.02. The fourth-order valence-corrected chi connectivity index (χ4v) is 0.197. The van der Waals surface area contributed by atoms with Gasteiger partial charge in [0, 0.05) is 6.21 Å². The minimum atomic E-state index is 0.447. The molecule has 2 heteroatoms. The van der Waals surface area contributed by atoms with E-state index >= 15 is 0 Å². The van der Waals surface area contributed by atoms with E-state index in [1.54, 1.807) is 6.21 Å². The first-order valence-electron chi connectivity index (χ1n) is 2.03. The molecular weight excluding hydrogens is 90.1 g/mol. The SMILES string of the molecule is C=C(/N=C\C)OC. The minimum absolute atomic E-state index is 0.447. The molecule has 0 fully saturated rings. The van der Waals surface area contributed by atoms with Gasteiger partial charge in [-0.2, -0.15) is 0 Å². The van der Waals surface area contributed by atoms with E-state index in [2.05, 4.69) is 16.3 Å². The smallest absolute Gasteiger partial charge is 0.205 e. The predicted octanol–water partition coefficient (Wildman–Crippen LogP) is 1.19. The Hall–Kier alpha value is -0.790. The molecule has 2 nitrogen and oxygen atoms in total. The molecule has 0 heterocycles. The van der Waals surface area contributed by atoms with Crippen LogP contribution in [0.5, 0.6) is 0 Å². The van der Waals surface area contributed by atoms with Crippen LogP contribution in [-0.4, -0.2) is 13.3 Å². The van der Waals surface area contributed by atoms with E-state index in [-0.39, 0.29) is 0 Å². The van der Waals surface area contributed by atoms with Crippen molar-refractivity contribution in [1.82, 2.24) is 0 Å². The van der Waals surface area contributed by atoms with Crippen molar-refractivity contribution in [2.45, 2.75) is 6.92 Å². The summed E-state index contributed by atoms with van der Waals surface area (Å²) in [5.41, 5.74) is 0. The third-order valence-corrected chi connectivity index (χ3v) is 0.509. The van der Waals surface area contributed by atoms with Crippen LogP contribution in [-0.2, 0) is 4.74 Å². The molecule has 0 aromatic carbocycles. The van der Waals surface area contributed by atoms with Crippen molar-refractivity contribution in [3.05, 3.63) is 12.5 Å². The lowest BCUT2D eigenvalue weighted by molar-refractivity contribution is 0.291. The molecule has 40 valence electrons. The van der Waals surface area contributed by atoms with E-state index in [9.17, 15) is 0 Å². The van der Waals surface area contributed by atoms with Crippen LogP contribution in [0.2, 0.25) is 0 Å². The Morgan fingerprint density at radius 1 is 1.86 bits per heavy atom. The van der Waals surface area contributed by atoms with Gasteiger partial charge in [-0.1, -0.05) is 0 Å². The molecule has 0 atom stereocenters. The average Bonchev–Trinajstić information content (AvgIpc) is 1.68. The van der Waals surface area contributed by atoms with Crippen LogP contribution in [0, 0.1) is 0 Å². The maximum absolute atomic E-state index is 4.60. The molecule has 0 rings (SSSR count). The van der Waals surface area contributed by atoms with Gasteiger partial charge >= 0.3 is 0 Å². The van der Waals surface area contributed by atoms with Crippen LogP contribution in [0.25, 0.3) is 0 Å².